The number of benzene rings is 1. The van der Waals surface area contributed by atoms with Gasteiger partial charge in [0.05, 0.1) is 23.9 Å². The molecule has 10 heteroatoms. The lowest BCUT2D eigenvalue weighted by Gasteiger charge is -2.23. The second kappa shape index (κ2) is 7.55. The van der Waals surface area contributed by atoms with Crippen LogP contribution in [0.15, 0.2) is 35.1 Å². The molecule has 1 aromatic carbocycles. The highest BCUT2D eigenvalue weighted by molar-refractivity contribution is 9.10. The smallest absolute Gasteiger partial charge is 0.229 e. The number of carbonyl (C=O) groups excluding carboxylic acids is 1. The molecule has 1 amide bonds. The van der Waals surface area contributed by atoms with Crippen LogP contribution in [0.4, 0.5) is 5.82 Å². The maximum Gasteiger partial charge on any atom is 0.229 e. The van der Waals surface area contributed by atoms with E-state index in [0.29, 0.717) is 29.2 Å². The Morgan fingerprint density at radius 3 is 2.66 bits per heavy atom. The summed E-state index contributed by atoms with van der Waals surface area (Å²) in [5.74, 6) is 6.38. The van der Waals surface area contributed by atoms with Gasteiger partial charge in [-0.3, -0.25) is 4.79 Å². The van der Waals surface area contributed by atoms with Gasteiger partial charge in [0, 0.05) is 30.0 Å². The number of carbonyl (C=O) groups is 1. The van der Waals surface area contributed by atoms with Gasteiger partial charge in [0.1, 0.15) is 6.10 Å². The van der Waals surface area contributed by atoms with E-state index < -0.39 is 23.7 Å². The molecule has 164 valence electrons. The Labute approximate surface area is 192 Å². The van der Waals surface area contributed by atoms with Crippen molar-refractivity contribution in [3.05, 3.63) is 46.5 Å². The van der Waals surface area contributed by atoms with Crippen molar-refractivity contribution in [1.82, 2.24) is 24.8 Å². The minimum Gasteiger partial charge on any atom is -0.389 e. The van der Waals surface area contributed by atoms with Crippen molar-refractivity contribution in [1.29, 1.82) is 0 Å². The molecule has 0 spiro atoms. The van der Waals surface area contributed by atoms with Crippen LogP contribution >= 0.6 is 15.9 Å². The van der Waals surface area contributed by atoms with Gasteiger partial charge in [-0.1, -0.05) is 21.9 Å². The number of hydrogen-bond acceptors (Lipinski definition) is 7. The number of aliphatic hydroxyl groups excluding tert-OH is 2. The lowest BCUT2D eigenvalue weighted by Crippen LogP contribution is -2.41. The standard InChI is InChI=1S/C22H21BrN6O3/c1-24-19-15-20(28-14(27-19)8-5-11-3-6-12(23)7-4-11)29(10-26-15)16-13-9-22(13,21(32)25-2)18(31)17(16)30/h3-4,6-7,10,13,16-18,30-31H,9H2,1-2H3,(H,25,32)(H,24,27,28)/t13?,16-,17?,18+,22-/m1/s1. The fraction of sp³-hybridized carbons (Fsp3) is 0.364. The van der Waals surface area contributed by atoms with Crippen molar-refractivity contribution in [3.63, 3.8) is 0 Å². The zero-order valence-corrected chi connectivity index (χ0v) is 19.0. The Kier molecular flexibility index (Phi) is 4.93. The molecule has 0 bridgehead atoms. The molecule has 5 atom stereocenters. The van der Waals surface area contributed by atoms with Gasteiger partial charge in [-0.25, -0.2) is 15.0 Å². The first-order valence-electron chi connectivity index (χ1n) is 10.2. The molecule has 5 rings (SSSR count). The van der Waals surface area contributed by atoms with E-state index in [0.717, 1.165) is 10.0 Å². The van der Waals surface area contributed by atoms with E-state index in [2.05, 4.69) is 53.4 Å². The molecule has 2 saturated carbocycles. The first kappa shape index (κ1) is 20.9. The Morgan fingerprint density at radius 2 is 1.97 bits per heavy atom. The van der Waals surface area contributed by atoms with E-state index >= 15 is 0 Å². The van der Waals surface area contributed by atoms with Crippen molar-refractivity contribution in [2.45, 2.75) is 24.7 Å². The number of halogens is 1. The van der Waals surface area contributed by atoms with Crippen molar-refractivity contribution in [2.75, 3.05) is 19.4 Å². The summed E-state index contributed by atoms with van der Waals surface area (Å²) in [7, 11) is 3.27. The number of fused-ring (bicyclic) bond motifs is 2. The van der Waals surface area contributed by atoms with Crippen LogP contribution in [0.3, 0.4) is 0 Å². The summed E-state index contributed by atoms with van der Waals surface area (Å²) in [6.07, 6.45) is -0.202. The molecule has 0 radical (unpaired) electrons. The van der Waals surface area contributed by atoms with Gasteiger partial charge in [0.25, 0.3) is 0 Å². The zero-order chi connectivity index (χ0) is 22.6. The number of nitrogens with zero attached hydrogens (tertiary/aromatic N) is 4. The summed E-state index contributed by atoms with van der Waals surface area (Å²) in [5.41, 5.74) is 0.860. The van der Waals surface area contributed by atoms with E-state index in [1.165, 1.54) is 7.05 Å². The minimum absolute atomic E-state index is 0.213. The van der Waals surface area contributed by atoms with Gasteiger partial charge in [-0.05, 0) is 36.6 Å². The van der Waals surface area contributed by atoms with Crippen molar-refractivity contribution < 1.29 is 15.0 Å². The number of hydrogen-bond donors (Lipinski definition) is 4. The highest BCUT2D eigenvalue weighted by atomic mass is 79.9. The molecule has 2 aromatic heterocycles. The molecule has 3 aromatic rings. The number of nitrogens with one attached hydrogen (secondary N) is 2. The van der Waals surface area contributed by atoms with Crippen LogP contribution < -0.4 is 10.6 Å². The molecule has 2 aliphatic carbocycles. The topological polar surface area (TPSA) is 125 Å². The van der Waals surface area contributed by atoms with Crippen LogP contribution in [0.1, 0.15) is 23.9 Å². The molecule has 4 N–H and O–H groups in total. The molecule has 2 aliphatic rings. The molecule has 2 unspecified atom stereocenters. The van der Waals surface area contributed by atoms with Crippen LogP contribution in [0.5, 0.6) is 0 Å². The van der Waals surface area contributed by atoms with Crippen LogP contribution in [-0.2, 0) is 4.79 Å². The molecule has 2 fully saturated rings. The molecule has 9 nitrogen and oxygen atoms in total. The SMILES string of the molecule is CNC(=O)[C@]12CC1[C@@H](n1cnc3c(NC)nc(C#Cc4ccc(Br)cc4)nc31)C(O)[C@@H]2O. The van der Waals surface area contributed by atoms with E-state index in [1.54, 1.807) is 17.9 Å². The quantitative estimate of drug-likeness (QED) is 0.399. The maximum absolute atomic E-state index is 12.4. The summed E-state index contributed by atoms with van der Waals surface area (Å²) >= 11 is 3.40. The average molecular weight is 497 g/mol. The number of aromatic nitrogens is 4. The fourth-order valence-corrected chi connectivity index (χ4v) is 5.08. The lowest BCUT2D eigenvalue weighted by atomic mass is 9.98. The normalized spacial score (nSPS) is 28.0. The lowest BCUT2D eigenvalue weighted by molar-refractivity contribution is -0.132. The third-order valence-electron chi connectivity index (χ3n) is 6.46. The summed E-state index contributed by atoms with van der Waals surface area (Å²) in [6.45, 7) is 0. The van der Waals surface area contributed by atoms with Gasteiger partial charge >= 0.3 is 0 Å². The number of rotatable bonds is 3. The van der Waals surface area contributed by atoms with E-state index in [-0.39, 0.29) is 11.8 Å². The molecular weight excluding hydrogens is 476 g/mol. The van der Waals surface area contributed by atoms with Gasteiger partial charge in [0.15, 0.2) is 17.0 Å². The molecule has 32 heavy (non-hydrogen) atoms. The minimum atomic E-state index is -1.16. The third kappa shape index (κ3) is 3.00. The molecule has 2 heterocycles. The molecule has 0 saturated heterocycles. The second-order valence-corrected chi connectivity index (χ2v) is 9.00. The summed E-state index contributed by atoms with van der Waals surface area (Å²) in [5, 5.41) is 27.1. The Balaban J connectivity index is 1.57. The Hall–Kier alpha value is -3.00. The van der Waals surface area contributed by atoms with Crippen molar-refractivity contribution >= 4 is 38.8 Å². The number of aliphatic hydroxyl groups is 2. The molecular formula is C22H21BrN6O3. The monoisotopic (exact) mass is 496 g/mol. The predicted molar refractivity (Wildman–Crippen MR) is 121 cm³/mol. The van der Waals surface area contributed by atoms with Gasteiger partial charge in [0.2, 0.25) is 11.7 Å². The summed E-state index contributed by atoms with van der Waals surface area (Å²) < 4.78 is 2.70. The average Bonchev–Trinajstić information content (AvgIpc) is 3.34. The summed E-state index contributed by atoms with van der Waals surface area (Å²) in [6, 6.07) is 7.06. The second-order valence-electron chi connectivity index (χ2n) is 8.08. The van der Waals surface area contributed by atoms with Crippen LogP contribution in [-0.4, -0.2) is 61.9 Å². The van der Waals surface area contributed by atoms with Crippen molar-refractivity contribution in [3.8, 4) is 11.8 Å². The van der Waals surface area contributed by atoms with Gasteiger partial charge in [-0.15, -0.1) is 0 Å². The van der Waals surface area contributed by atoms with E-state index in [1.807, 2.05) is 24.3 Å². The first-order chi connectivity index (χ1) is 15.4. The highest BCUT2D eigenvalue weighted by Gasteiger charge is 2.75. The zero-order valence-electron chi connectivity index (χ0n) is 17.4. The van der Waals surface area contributed by atoms with Gasteiger partial charge < -0.3 is 25.4 Å². The van der Waals surface area contributed by atoms with E-state index in [4.69, 9.17) is 0 Å². The number of imidazole rings is 1. The molecule has 0 aliphatic heterocycles. The van der Waals surface area contributed by atoms with Crippen LogP contribution in [0, 0.1) is 23.2 Å². The fourth-order valence-electron chi connectivity index (χ4n) is 4.81. The van der Waals surface area contributed by atoms with Gasteiger partial charge in [-0.2, -0.15) is 0 Å². The van der Waals surface area contributed by atoms with Crippen LogP contribution in [0.2, 0.25) is 0 Å². The van der Waals surface area contributed by atoms with E-state index in [9.17, 15) is 15.0 Å². The number of anilines is 1. The third-order valence-corrected chi connectivity index (χ3v) is 6.99. The summed E-state index contributed by atoms with van der Waals surface area (Å²) in [4.78, 5) is 25.9. The largest absolute Gasteiger partial charge is 0.389 e. The number of amides is 1. The Bertz CT molecular complexity index is 1280. The maximum atomic E-state index is 12.4. The highest BCUT2D eigenvalue weighted by Crippen LogP contribution is 2.67. The Morgan fingerprint density at radius 1 is 1.22 bits per heavy atom. The first-order valence-corrected chi connectivity index (χ1v) is 11.0. The van der Waals surface area contributed by atoms with Crippen molar-refractivity contribution in [2.24, 2.45) is 11.3 Å². The predicted octanol–water partition coefficient (Wildman–Crippen LogP) is 1.06. The van der Waals surface area contributed by atoms with Crippen LogP contribution in [0.25, 0.3) is 11.2 Å².